The van der Waals surface area contributed by atoms with Crippen molar-refractivity contribution < 1.29 is 22.3 Å². The highest BCUT2D eigenvalue weighted by atomic mass is 32.2. The van der Waals surface area contributed by atoms with Gasteiger partial charge in [-0.2, -0.15) is 13.0 Å². The maximum atomic E-state index is 12.4. The summed E-state index contributed by atoms with van der Waals surface area (Å²) in [4.78, 5) is 14.9. The van der Waals surface area contributed by atoms with Gasteiger partial charge in [-0.15, -0.1) is 0 Å². The molecule has 0 saturated carbocycles. The quantitative estimate of drug-likeness (QED) is 0.0617. The SMILES string of the molecule is CC(C)CCCCCCNC(=O)CCCCCN1/C(=C/C=C/C=C/C2=[N+](CCCS(=O)(=O)O)c3ccccc3C2(C)C)C(C)(C)c2ccccc21. The Bertz CT molecular complexity index is 1720. The van der Waals surface area contributed by atoms with Gasteiger partial charge in [0.25, 0.3) is 10.1 Å². The van der Waals surface area contributed by atoms with Crippen LogP contribution in [0.3, 0.4) is 0 Å². The van der Waals surface area contributed by atoms with Gasteiger partial charge in [-0.05, 0) is 56.7 Å². The van der Waals surface area contributed by atoms with Gasteiger partial charge < -0.3 is 10.2 Å². The normalized spacial score (nSPS) is 17.3. The number of anilines is 1. The third-order valence-corrected chi connectivity index (χ3v) is 11.2. The molecule has 0 aliphatic carbocycles. The standard InChI is InChI=1S/C43H61N3O4S/c1-34(2)22-11-7-8-19-30-44-41(47)29-14-10-20-31-45-37-25-17-15-23-35(37)42(3,4)39(45)27-12-9-13-28-40-43(5,6)36-24-16-18-26-38(36)46(40)32-21-33-51(48,49)50/h9,12-13,15-18,23-28,34H,7-8,10-11,14,19-22,29-33H2,1-6H3,(H-,44,47,48,49,50)/p+1. The molecule has 51 heavy (non-hydrogen) atoms. The molecule has 2 aliphatic rings. The second kappa shape index (κ2) is 18.3. The first kappa shape index (κ1) is 40.3. The lowest BCUT2D eigenvalue weighted by Crippen LogP contribution is -2.28. The number of rotatable bonds is 20. The fraction of sp³-hybridized carbons (Fsp3) is 0.535. The van der Waals surface area contributed by atoms with Crippen LogP contribution in [0.5, 0.6) is 0 Å². The van der Waals surface area contributed by atoms with Gasteiger partial charge in [-0.1, -0.05) is 114 Å². The van der Waals surface area contributed by atoms with E-state index >= 15 is 0 Å². The molecule has 2 aromatic rings. The van der Waals surface area contributed by atoms with Crippen molar-refractivity contribution in [1.29, 1.82) is 0 Å². The van der Waals surface area contributed by atoms with Gasteiger partial charge in [-0.3, -0.25) is 9.35 Å². The molecule has 0 saturated heterocycles. The number of para-hydroxylation sites is 2. The lowest BCUT2D eigenvalue weighted by molar-refractivity contribution is -0.437. The third-order valence-electron chi connectivity index (χ3n) is 10.4. The highest BCUT2D eigenvalue weighted by Crippen LogP contribution is 2.47. The van der Waals surface area contributed by atoms with Gasteiger partial charge in [0.05, 0.1) is 11.2 Å². The molecule has 0 unspecified atom stereocenters. The van der Waals surface area contributed by atoms with Crippen molar-refractivity contribution in [3.05, 3.63) is 95.7 Å². The minimum absolute atomic E-state index is 0.146. The first-order valence-electron chi connectivity index (χ1n) is 19.1. The number of nitrogens with one attached hydrogen (secondary N) is 1. The van der Waals surface area contributed by atoms with Crippen LogP contribution < -0.4 is 10.2 Å². The number of benzene rings is 2. The first-order chi connectivity index (χ1) is 24.2. The van der Waals surface area contributed by atoms with E-state index in [0.29, 0.717) is 19.4 Å². The van der Waals surface area contributed by atoms with Crippen molar-refractivity contribution in [1.82, 2.24) is 5.32 Å². The summed E-state index contributed by atoms with van der Waals surface area (Å²) in [5.74, 6) is 0.681. The van der Waals surface area contributed by atoms with Crippen molar-refractivity contribution in [3.8, 4) is 0 Å². The molecule has 0 atom stereocenters. The molecule has 2 aliphatic heterocycles. The van der Waals surface area contributed by atoms with Crippen molar-refractivity contribution in [2.45, 2.75) is 117 Å². The summed E-state index contributed by atoms with van der Waals surface area (Å²) in [7, 11) is -4.02. The number of fused-ring (bicyclic) bond motifs is 2. The maximum absolute atomic E-state index is 12.4. The highest BCUT2D eigenvalue weighted by molar-refractivity contribution is 7.85. The van der Waals surface area contributed by atoms with Crippen LogP contribution in [0, 0.1) is 5.92 Å². The lowest BCUT2D eigenvalue weighted by atomic mass is 9.81. The van der Waals surface area contributed by atoms with E-state index in [2.05, 4.69) is 123 Å². The summed E-state index contributed by atoms with van der Waals surface area (Å²) in [5.41, 5.74) is 6.81. The van der Waals surface area contributed by atoms with Gasteiger partial charge in [0.1, 0.15) is 6.54 Å². The van der Waals surface area contributed by atoms with E-state index < -0.39 is 10.1 Å². The number of nitrogens with zero attached hydrogens (tertiary/aromatic N) is 2. The van der Waals surface area contributed by atoms with Crippen LogP contribution in [-0.2, 0) is 25.7 Å². The Hall–Kier alpha value is -3.49. The van der Waals surface area contributed by atoms with Crippen LogP contribution in [0.4, 0.5) is 11.4 Å². The number of carbonyl (C=O) groups excluding carboxylic acids is 1. The number of unbranched alkanes of at least 4 members (excludes halogenated alkanes) is 5. The summed E-state index contributed by atoms with van der Waals surface area (Å²) in [5, 5.41) is 3.12. The fourth-order valence-electron chi connectivity index (χ4n) is 7.61. The Morgan fingerprint density at radius 1 is 0.843 bits per heavy atom. The van der Waals surface area contributed by atoms with E-state index in [-0.39, 0.29) is 22.5 Å². The molecular formula is C43H62N3O4S+. The molecular weight excluding hydrogens is 655 g/mol. The number of amides is 1. The van der Waals surface area contributed by atoms with Gasteiger partial charge in [0.15, 0.2) is 5.71 Å². The predicted octanol–water partition coefficient (Wildman–Crippen LogP) is 9.42. The molecule has 4 rings (SSSR count). The van der Waals surface area contributed by atoms with E-state index in [9.17, 15) is 17.8 Å². The average Bonchev–Trinajstić information content (AvgIpc) is 3.42. The van der Waals surface area contributed by atoms with Crippen molar-refractivity contribution in [2.75, 3.05) is 30.3 Å². The van der Waals surface area contributed by atoms with E-state index in [4.69, 9.17) is 0 Å². The van der Waals surface area contributed by atoms with Crippen molar-refractivity contribution in [2.24, 2.45) is 5.92 Å². The number of hydrogen-bond donors (Lipinski definition) is 2. The molecule has 0 fully saturated rings. The second-order valence-electron chi connectivity index (χ2n) is 15.7. The zero-order valence-electron chi connectivity index (χ0n) is 32.0. The monoisotopic (exact) mass is 716 g/mol. The summed E-state index contributed by atoms with van der Waals surface area (Å²) in [6, 6.07) is 16.9. The lowest BCUT2D eigenvalue weighted by Gasteiger charge is -2.27. The summed E-state index contributed by atoms with van der Waals surface area (Å²) >= 11 is 0. The van der Waals surface area contributed by atoms with Crippen LogP contribution >= 0.6 is 0 Å². The van der Waals surface area contributed by atoms with Crippen LogP contribution in [0.25, 0.3) is 0 Å². The Kier molecular flexibility index (Phi) is 14.5. The Morgan fingerprint density at radius 3 is 2.27 bits per heavy atom. The molecule has 0 radical (unpaired) electrons. The molecule has 7 nitrogen and oxygen atoms in total. The summed E-state index contributed by atoms with van der Waals surface area (Å²) in [6.45, 7) is 15.7. The molecule has 2 heterocycles. The molecule has 2 aromatic carbocycles. The van der Waals surface area contributed by atoms with E-state index in [1.54, 1.807) is 0 Å². The third kappa shape index (κ3) is 11.0. The van der Waals surface area contributed by atoms with E-state index in [0.717, 1.165) is 56.1 Å². The smallest absolute Gasteiger partial charge is 0.265 e. The number of allylic oxidation sites excluding steroid dienone is 6. The molecule has 0 bridgehead atoms. The topological polar surface area (TPSA) is 89.7 Å². The Morgan fingerprint density at radius 2 is 1.53 bits per heavy atom. The summed E-state index contributed by atoms with van der Waals surface area (Å²) < 4.78 is 34.3. The zero-order valence-corrected chi connectivity index (χ0v) is 32.8. The fourth-order valence-corrected chi connectivity index (χ4v) is 8.10. The summed E-state index contributed by atoms with van der Waals surface area (Å²) in [6.07, 6.45) is 20.5. The number of hydrogen-bond acceptors (Lipinski definition) is 4. The van der Waals surface area contributed by atoms with Crippen molar-refractivity contribution in [3.63, 3.8) is 0 Å². The molecule has 0 aromatic heterocycles. The van der Waals surface area contributed by atoms with E-state index in [1.165, 1.54) is 48.2 Å². The molecule has 2 N–H and O–H groups in total. The van der Waals surface area contributed by atoms with Crippen LogP contribution in [0.2, 0.25) is 0 Å². The van der Waals surface area contributed by atoms with Crippen LogP contribution in [0.1, 0.15) is 117 Å². The average molecular weight is 717 g/mol. The number of carbonyl (C=O) groups is 1. The van der Waals surface area contributed by atoms with Crippen LogP contribution in [-0.4, -0.2) is 54.6 Å². The molecule has 1 amide bonds. The Balaban J connectivity index is 1.37. The minimum atomic E-state index is -4.02. The first-order valence-corrected chi connectivity index (χ1v) is 20.7. The Labute approximate surface area is 308 Å². The molecule has 0 spiro atoms. The maximum Gasteiger partial charge on any atom is 0.265 e. The minimum Gasteiger partial charge on any atom is -0.356 e. The molecule has 8 heteroatoms. The van der Waals surface area contributed by atoms with Gasteiger partial charge in [-0.25, -0.2) is 0 Å². The van der Waals surface area contributed by atoms with Gasteiger partial charge >= 0.3 is 0 Å². The van der Waals surface area contributed by atoms with Gasteiger partial charge in [0, 0.05) is 60.4 Å². The second-order valence-corrected chi connectivity index (χ2v) is 17.2. The van der Waals surface area contributed by atoms with Gasteiger partial charge in [0.2, 0.25) is 11.6 Å². The zero-order chi connectivity index (χ0) is 37.1. The highest BCUT2D eigenvalue weighted by Gasteiger charge is 2.44. The van der Waals surface area contributed by atoms with E-state index in [1.807, 2.05) is 12.1 Å². The molecule has 278 valence electrons. The van der Waals surface area contributed by atoms with Crippen LogP contribution in [0.15, 0.2) is 84.6 Å². The van der Waals surface area contributed by atoms with Crippen molar-refractivity contribution >= 4 is 33.1 Å². The predicted molar refractivity (Wildman–Crippen MR) is 213 cm³/mol. The largest absolute Gasteiger partial charge is 0.356 e.